The molecular weight excluding hydrogens is 174 g/mol. The van der Waals surface area contributed by atoms with Crippen molar-refractivity contribution >= 4 is 0 Å². The SMILES string of the molecule is CCNC(CCOC(C)C)CC(C)C. The average Bonchev–Trinajstić information content (AvgIpc) is 2.02. The van der Waals surface area contributed by atoms with Crippen molar-refractivity contribution in [2.24, 2.45) is 5.92 Å². The highest BCUT2D eigenvalue weighted by molar-refractivity contribution is 4.67. The van der Waals surface area contributed by atoms with Crippen LogP contribution in [0.2, 0.25) is 0 Å². The lowest BCUT2D eigenvalue weighted by molar-refractivity contribution is 0.0703. The number of hydrogen-bond donors (Lipinski definition) is 1. The molecule has 0 rings (SSSR count). The molecule has 1 N–H and O–H groups in total. The topological polar surface area (TPSA) is 21.3 Å². The molecule has 0 aromatic heterocycles. The molecule has 0 aliphatic carbocycles. The summed E-state index contributed by atoms with van der Waals surface area (Å²) in [5.41, 5.74) is 0. The van der Waals surface area contributed by atoms with Crippen LogP contribution in [0.3, 0.4) is 0 Å². The number of nitrogens with one attached hydrogen (secondary N) is 1. The summed E-state index contributed by atoms with van der Waals surface area (Å²) in [6.45, 7) is 12.8. The van der Waals surface area contributed by atoms with Gasteiger partial charge < -0.3 is 10.1 Å². The molecule has 14 heavy (non-hydrogen) atoms. The minimum atomic E-state index is 0.358. The van der Waals surface area contributed by atoms with Gasteiger partial charge in [-0.25, -0.2) is 0 Å². The molecule has 0 saturated heterocycles. The van der Waals surface area contributed by atoms with E-state index in [0.29, 0.717) is 12.1 Å². The van der Waals surface area contributed by atoms with Crippen LogP contribution in [-0.2, 0) is 4.74 Å². The third-order valence-corrected chi connectivity index (χ3v) is 2.17. The fourth-order valence-corrected chi connectivity index (χ4v) is 1.61. The predicted octanol–water partition coefficient (Wildman–Crippen LogP) is 2.83. The van der Waals surface area contributed by atoms with Crippen LogP contribution in [0.25, 0.3) is 0 Å². The predicted molar refractivity (Wildman–Crippen MR) is 62.6 cm³/mol. The van der Waals surface area contributed by atoms with Gasteiger partial charge in [0.1, 0.15) is 0 Å². The monoisotopic (exact) mass is 201 g/mol. The van der Waals surface area contributed by atoms with Gasteiger partial charge >= 0.3 is 0 Å². The van der Waals surface area contributed by atoms with Crippen LogP contribution in [0.15, 0.2) is 0 Å². The van der Waals surface area contributed by atoms with Crippen LogP contribution in [0.5, 0.6) is 0 Å². The molecule has 2 nitrogen and oxygen atoms in total. The summed E-state index contributed by atoms with van der Waals surface area (Å²) in [5.74, 6) is 0.762. The van der Waals surface area contributed by atoms with Crippen LogP contribution >= 0.6 is 0 Å². The Bertz CT molecular complexity index is 123. The third-order valence-electron chi connectivity index (χ3n) is 2.17. The van der Waals surface area contributed by atoms with Crippen molar-refractivity contribution in [1.29, 1.82) is 0 Å². The Morgan fingerprint density at radius 2 is 1.79 bits per heavy atom. The molecule has 86 valence electrons. The number of ether oxygens (including phenoxy) is 1. The number of rotatable bonds is 8. The van der Waals surface area contributed by atoms with Gasteiger partial charge in [0.2, 0.25) is 0 Å². The van der Waals surface area contributed by atoms with E-state index < -0.39 is 0 Å². The van der Waals surface area contributed by atoms with Crippen molar-refractivity contribution in [2.45, 2.75) is 59.6 Å². The Hall–Kier alpha value is -0.0800. The van der Waals surface area contributed by atoms with Crippen molar-refractivity contribution in [3.8, 4) is 0 Å². The normalized spacial score (nSPS) is 13.9. The highest BCUT2D eigenvalue weighted by atomic mass is 16.5. The van der Waals surface area contributed by atoms with Crippen molar-refractivity contribution in [2.75, 3.05) is 13.2 Å². The highest BCUT2D eigenvalue weighted by Gasteiger charge is 2.09. The molecule has 0 amide bonds. The zero-order valence-electron chi connectivity index (χ0n) is 10.5. The molecule has 1 atom stereocenters. The maximum atomic E-state index is 5.56. The summed E-state index contributed by atoms with van der Waals surface area (Å²) in [6.07, 6.45) is 2.73. The fourth-order valence-electron chi connectivity index (χ4n) is 1.61. The molecule has 0 saturated carbocycles. The molecule has 0 radical (unpaired) electrons. The van der Waals surface area contributed by atoms with Gasteiger partial charge in [-0.05, 0) is 39.2 Å². The van der Waals surface area contributed by atoms with Gasteiger partial charge in [0, 0.05) is 12.6 Å². The second-order valence-electron chi connectivity index (χ2n) is 4.59. The molecule has 0 spiro atoms. The van der Waals surface area contributed by atoms with Crippen molar-refractivity contribution in [1.82, 2.24) is 5.32 Å². The summed E-state index contributed by atoms with van der Waals surface area (Å²) >= 11 is 0. The molecule has 0 aromatic carbocycles. The molecule has 1 unspecified atom stereocenters. The molecule has 2 heteroatoms. The van der Waals surface area contributed by atoms with E-state index in [1.165, 1.54) is 6.42 Å². The molecule has 0 bridgehead atoms. The van der Waals surface area contributed by atoms with Crippen molar-refractivity contribution < 1.29 is 4.74 Å². The molecule has 0 heterocycles. The van der Waals surface area contributed by atoms with Gasteiger partial charge in [0.25, 0.3) is 0 Å². The first-order valence-corrected chi connectivity index (χ1v) is 5.91. The smallest absolute Gasteiger partial charge is 0.0518 e. The Morgan fingerprint density at radius 1 is 1.14 bits per heavy atom. The van der Waals surface area contributed by atoms with Gasteiger partial charge in [-0.1, -0.05) is 20.8 Å². The lowest BCUT2D eigenvalue weighted by Gasteiger charge is -2.20. The van der Waals surface area contributed by atoms with Crippen molar-refractivity contribution in [3.05, 3.63) is 0 Å². The lowest BCUT2D eigenvalue weighted by Crippen LogP contribution is -2.31. The first-order valence-electron chi connectivity index (χ1n) is 5.91. The van der Waals surface area contributed by atoms with E-state index in [1.807, 2.05) is 0 Å². The molecule has 0 aliphatic heterocycles. The standard InChI is InChI=1S/C12H27NO/c1-6-13-12(9-10(2)3)7-8-14-11(4)5/h10-13H,6-9H2,1-5H3. The summed E-state index contributed by atoms with van der Waals surface area (Å²) in [5, 5.41) is 3.51. The summed E-state index contributed by atoms with van der Waals surface area (Å²) in [7, 11) is 0. The van der Waals surface area contributed by atoms with E-state index in [0.717, 1.165) is 25.5 Å². The minimum absolute atomic E-state index is 0.358. The Labute approximate surface area is 89.4 Å². The summed E-state index contributed by atoms with van der Waals surface area (Å²) in [4.78, 5) is 0. The number of hydrogen-bond acceptors (Lipinski definition) is 2. The van der Waals surface area contributed by atoms with E-state index in [9.17, 15) is 0 Å². The average molecular weight is 201 g/mol. The van der Waals surface area contributed by atoms with Gasteiger partial charge in [0.05, 0.1) is 6.10 Å². The van der Waals surface area contributed by atoms with Gasteiger partial charge in [-0.15, -0.1) is 0 Å². The van der Waals surface area contributed by atoms with Crippen LogP contribution in [0.1, 0.15) is 47.5 Å². The molecule has 0 aliphatic rings. The van der Waals surface area contributed by atoms with Gasteiger partial charge in [-0.3, -0.25) is 0 Å². The zero-order chi connectivity index (χ0) is 11.0. The lowest BCUT2D eigenvalue weighted by atomic mass is 10.0. The van der Waals surface area contributed by atoms with Crippen LogP contribution in [0.4, 0.5) is 0 Å². The second-order valence-corrected chi connectivity index (χ2v) is 4.59. The Morgan fingerprint density at radius 3 is 2.21 bits per heavy atom. The van der Waals surface area contributed by atoms with Gasteiger partial charge in [-0.2, -0.15) is 0 Å². The van der Waals surface area contributed by atoms with E-state index in [-0.39, 0.29) is 0 Å². The van der Waals surface area contributed by atoms with Crippen LogP contribution in [-0.4, -0.2) is 25.3 Å². The summed E-state index contributed by atoms with van der Waals surface area (Å²) in [6, 6.07) is 0.624. The van der Waals surface area contributed by atoms with Crippen LogP contribution < -0.4 is 5.32 Å². The van der Waals surface area contributed by atoms with E-state index in [1.54, 1.807) is 0 Å². The maximum Gasteiger partial charge on any atom is 0.0518 e. The van der Waals surface area contributed by atoms with Gasteiger partial charge in [0.15, 0.2) is 0 Å². The molecule has 0 fully saturated rings. The fraction of sp³-hybridized carbons (Fsp3) is 1.00. The van der Waals surface area contributed by atoms with E-state index in [2.05, 4.69) is 39.9 Å². The zero-order valence-corrected chi connectivity index (χ0v) is 10.5. The maximum absolute atomic E-state index is 5.56. The summed E-state index contributed by atoms with van der Waals surface area (Å²) < 4.78 is 5.56. The molecule has 0 aromatic rings. The Balaban J connectivity index is 3.61. The highest BCUT2D eigenvalue weighted by Crippen LogP contribution is 2.08. The largest absolute Gasteiger partial charge is 0.379 e. The van der Waals surface area contributed by atoms with E-state index >= 15 is 0 Å². The Kier molecular flexibility index (Phi) is 8.20. The first kappa shape index (κ1) is 13.9. The van der Waals surface area contributed by atoms with Crippen molar-refractivity contribution in [3.63, 3.8) is 0 Å². The van der Waals surface area contributed by atoms with Crippen LogP contribution in [0, 0.1) is 5.92 Å². The third kappa shape index (κ3) is 8.52. The van der Waals surface area contributed by atoms with E-state index in [4.69, 9.17) is 4.74 Å². The molecular formula is C12H27NO. The first-order chi connectivity index (χ1) is 6.56. The quantitative estimate of drug-likeness (QED) is 0.652. The second kappa shape index (κ2) is 8.25. The minimum Gasteiger partial charge on any atom is -0.379 e.